The van der Waals surface area contributed by atoms with Crippen molar-refractivity contribution in [2.45, 2.75) is 48.9 Å². The lowest BCUT2D eigenvalue weighted by Crippen LogP contribution is -2.33. The molecule has 1 fully saturated rings. The average molecular weight is 319 g/mol. The van der Waals surface area contributed by atoms with Gasteiger partial charge in [0.1, 0.15) is 4.90 Å². The van der Waals surface area contributed by atoms with Crippen molar-refractivity contribution in [2.24, 2.45) is 0 Å². The van der Waals surface area contributed by atoms with Gasteiger partial charge in [-0.25, -0.2) is 13.1 Å². The van der Waals surface area contributed by atoms with Crippen molar-refractivity contribution in [3.8, 4) is 0 Å². The van der Waals surface area contributed by atoms with Gasteiger partial charge in [0, 0.05) is 17.5 Å². The summed E-state index contributed by atoms with van der Waals surface area (Å²) < 4.78 is 28.7. The fourth-order valence-electron chi connectivity index (χ4n) is 2.43. The van der Waals surface area contributed by atoms with Crippen LogP contribution in [0, 0.1) is 0 Å². The maximum atomic E-state index is 12.2. The van der Waals surface area contributed by atoms with Gasteiger partial charge in [-0.05, 0) is 25.0 Å². The van der Waals surface area contributed by atoms with Crippen LogP contribution in [-0.2, 0) is 16.6 Å². The van der Waals surface area contributed by atoms with Gasteiger partial charge in [-0.1, -0.05) is 6.92 Å². The molecule has 2 rings (SSSR count). The molecule has 1 aliphatic carbocycles. The molecule has 8 heteroatoms. The Bertz CT molecular complexity index is 530. The number of nitrogens with one attached hydrogen (secondary N) is 1. The van der Waals surface area contributed by atoms with E-state index in [1.807, 2.05) is 11.8 Å². The van der Waals surface area contributed by atoms with Gasteiger partial charge in [-0.2, -0.15) is 16.9 Å². The van der Waals surface area contributed by atoms with Crippen LogP contribution in [-0.4, -0.2) is 47.0 Å². The normalized spacial score (nSPS) is 23.3. The Hall–Kier alpha value is -0.570. The Morgan fingerprint density at radius 2 is 2.35 bits per heavy atom. The van der Waals surface area contributed by atoms with E-state index in [0.29, 0.717) is 11.8 Å². The predicted molar refractivity (Wildman–Crippen MR) is 79.2 cm³/mol. The lowest BCUT2D eigenvalue weighted by atomic mass is 10.3. The van der Waals surface area contributed by atoms with Crippen molar-refractivity contribution in [3.63, 3.8) is 0 Å². The highest BCUT2D eigenvalue weighted by Gasteiger charge is 2.29. The van der Waals surface area contributed by atoms with Crippen LogP contribution in [0.4, 0.5) is 0 Å². The number of aliphatic hydroxyl groups excluding tert-OH is 1. The van der Waals surface area contributed by atoms with Crippen LogP contribution in [0.3, 0.4) is 0 Å². The van der Waals surface area contributed by atoms with E-state index in [-0.39, 0.29) is 17.5 Å². The number of hydrogen-bond acceptors (Lipinski definition) is 5. The molecule has 2 N–H and O–H groups in total. The largest absolute Gasteiger partial charge is 0.394 e. The van der Waals surface area contributed by atoms with Crippen LogP contribution in [0.1, 0.15) is 26.2 Å². The minimum absolute atomic E-state index is 0.0187. The molecular weight excluding hydrogens is 298 g/mol. The van der Waals surface area contributed by atoms with E-state index in [1.165, 1.54) is 17.1 Å². The molecule has 1 aromatic rings. The fraction of sp³-hybridized carbons (Fsp3) is 0.750. The van der Waals surface area contributed by atoms with Gasteiger partial charge >= 0.3 is 0 Å². The molecule has 20 heavy (non-hydrogen) atoms. The van der Waals surface area contributed by atoms with Gasteiger partial charge in [0.25, 0.3) is 0 Å². The minimum atomic E-state index is -3.50. The number of hydrogen-bond donors (Lipinski definition) is 2. The third-order valence-corrected chi connectivity index (χ3v) is 6.07. The summed E-state index contributed by atoms with van der Waals surface area (Å²) in [5.41, 5.74) is 0. The molecule has 0 bridgehead atoms. The molecule has 1 heterocycles. The summed E-state index contributed by atoms with van der Waals surface area (Å²) in [6.07, 6.45) is 5.62. The van der Waals surface area contributed by atoms with E-state index in [4.69, 9.17) is 5.11 Å². The van der Waals surface area contributed by atoms with Crippen LogP contribution >= 0.6 is 11.8 Å². The Morgan fingerprint density at radius 1 is 1.55 bits per heavy atom. The standard InChI is InChI=1S/C12H21N3O3S2/c1-2-19-11-4-3-10(7-11)14-20(17,18)12-8-13-15(9-12)5-6-16/h8-11,14,16H,2-7H2,1H3. The van der Waals surface area contributed by atoms with Crippen molar-refractivity contribution in [1.29, 1.82) is 0 Å². The van der Waals surface area contributed by atoms with E-state index in [2.05, 4.69) is 16.7 Å². The van der Waals surface area contributed by atoms with E-state index < -0.39 is 10.0 Å². The summed E-state index contributed by atoms with van der Waals surface area (Å²) in [7, 11) is -3.50. The van der Waals surface area contributed by atoms with Gasteiger partial charge in [0.2, 0.25) is 10.0 Å². The molecule has 1 saturated carbocycles. The lowest BCUT2D eigenvalue weighted by molar-refractivity contribution is 0.269. The molecule has 0 spiro atoms. The number of sulfonamides is 1. The Kier molecular flexibility index (Phi) is 5.48. The molecule has 0 amide bonds. The van der Waals surface area contributed by atoms with Crippen molar-refractivity contribution in [2.75, 3.05) is 12.4 Å². The third kappa shape index (κ3) is 3.97. The summed E-state index contributed by atoms with van der Waals surface area (Å²) >= 11 is 1.90. The average Bonchev–Trinajstić information content (AvgIpc) is 3.00. The smallest absolute Gasteiger partial charge is 0.243 e. The highest BCUT2D eigenvalue weighted by atomic mass is 32.2. The molecule has 0 aliphatic heterocycles. The zero-order valence-electron chi connectivity index (χ0n) is 11.5. The molecular formula is C12H21N3O3S2. The van der Waals surface area contributed by atoms with Crippen molar-refractivity contribution >= 4 is 21.8 Å². The zero-order chi connectivity index (χ0) is 14.6. The lowest BCUT2D eigenvalue weighted by Gasteiger charge is -2.12. The summed E-state index contributed by atoms with van der Waals surface area (Å²) in [4.78, 5) is 0.164. The van der Waals surface area contributed by atoms with E-state index in [0.717, 1.165) is 25.0 Å². The molecule has 2 atom stereocenters. The molecule has 0 radical (unpaired) electrons. The topological polar surface area (TPSA) is 84.2 Å². The van der Waals surface area contributed by atoms with E-state index in [1.54, 1.807) is 0 Å². The molecule has 0 saturated heterocycles. The summed E-state index contributed by atoms with van der Waals surface area (Å²) in [5, 5.41) is 13.3. The number of aromatic nitrogens is 2. The van der Waals surface area contributed by atoms with Crippen molar-refractivity contribution in [1.82, 2.24) is 14.5 Å². The van der Waals surface area contributed by atoms with Crippen molar-refractivity contribution < 1.29 is 13.5 Å². The molecule has 2 unspecified atom stereocenters. The number of aliphatic hydroxyl groups is 1. The monoisotopic (exact) mass is 319 g/mol. The Balaban J connectivity index is 1.97. The maximum absolute atomic E-state index is 12.2. The minimum Gasteiger partial charge on any atom is -0.394 e. The second kappa shape index (κ2) is 6.93. The quantitative estimate of drug-likeness (QED) is 0.777. The number of rotatable bonds is 7. The fourth-order valence-corrected chi connectivity index (χ4v) is 4.81. The second-order valence-corrected chi connectivity index (χ2v) is 8.16. The predicted octanol–water partition coefficient (Wildman–Crippen LogP) is 0.828. The highest BCUT2D eigenvalue weighted by molar-refractivity contribution is 7.99. The van der Waals surface area contributed by atoms with Gasteiger partial charge < -0.3 is 5.11 Å². The first kappa shape index (κ1) is 15.8. The molecule has 1 aliphatic rings. The van der Waals surface area contributed by atoms with Crippen LogP contribution in [0.25, 0.3) is 0 Å². The molecule has 114 valence electrons. The van der Waals surface area contributed by atoms with Gasteiger partial charge in [-0.15, -0.1) is 0 Å². The van der Waals surface area contributed by atoms with E-state index in [9.17, 15) is 8.42 Å². The molecule has 1 aromatic heterocycles. The van der Waals surface area contributed by atoms with Gasteiger partial charge in [-0.3, -0.25) is 4.68 Å². The van der Waals surface area contributed by atoms with Gasteiger partial charge in [0.15, 0.2) is 0 Å². The number of nitrogens with zero attached hydrogens (tertiary/aromatic N) is 2. The first-order valence-electron chi connectivity index (χ1n) is 6.82. The van der Waals surface area contributed by atoms with Crippen LogP contribution < -0.4 is 4.72 Å². The first-order chi connectivity index (χ1) is 9.55. The highest BCUT2D eigenvalue weighted by Crippen LogP contribution is 2.30. The number of thioether (sulfide) groups is 1. The van der Waals surface area contributed by atoms with Crippen molar-refractivity contribution in [3.05, 3.63) is 12.4 Å². The van der Waals surface area contributed by atoms with Gasteiger partial charge in [0.05, 0.1) is 19.3 Å². The first-order valence-corrected chi connectivity index (χ1v) is 9.35. The van der Waals surface area contributed by atoms with Crippen LogP contribution in [0.15, 0.2) is 17.3 Å². The van der Waals surface area contributed by atoms with Crippen LogP contribution in [0.5, 0.6) is 0 Å². The zero-order valence-corrected chi connectivity index (χ0v) is 13.2. The SMILES string of the molecule is CCSC1CCC(NS(=O)(=O)c2cnn(CCO)c2)C1. The third-order valence-electron chi connectivity index (χ3n) is 3.36. The van der Waals surface area contributed by atoms with E-state index >= 15 is 0 Å². The second-order valence-electron chi connectivity index (χ2n) is 4.87. The maximum Gasteiger partial charge on any atom is 0.243 e. The van der Waals surface area contributed by atoms with Crippen LogP contribution in [0.2, 0.25) is 0 Å². The molecule has 6 nitrogen and oxygen atoms in total. The molecule has 0 aromatic carbocycles. The summed E-state index contributed by atoms with van der Waals surface area (Å²) in [5.74, 6) is 1.07. The Labute approximate surface area is 124 Å². The Morgan fingerprint density at radius 3 is 3.05 bits per heavy atom. The summed E-state index contributed by atoms with van der Waals surface area (Å²) in [6.45, 7) is 2.36. The summed E-state index contributed by atoms with van der Waals surface area (Å²) in [6, 6.07) is 0.0187.